The zero-order valence-electron chi connectivity index (χ0n) is 8.34. The van der Waals surface area contributed by atoms with Crippen LogP contribution in [-0.2, 0) is 7.05 Å². The van der Waals surface area contributed by atoms with E-state index >= 15 is 0 Å². The summed E-state index contributed by atoms with van der Waals surface area (Å²) in [4.78, 5) is 11.0. The van der Waals surface area contributed by atoms with E-state index < -0.39 is 0 Å². The monoisotopic (exact) mass is 241 g/mol. The minimum atomic E-state index is 0.543. The van der Waals surface area contributed by atoms with Crippen LogP contribution in [0.1, 0.15) is 16.1 Å². The number of aromatic nitrogens is 1. The Hall–Kier alpha value is -0.990. The summed E-state index contributed by atoms with van der Waals surface area (Å²) in [6, 6.07) is 3.44. The summed E-state index contributed by atoms with van der Waals surface area (Å²) >= 11 is 12.0. The number of hydrogen-bond acceptors (Lipinski definition) is 1. The molecule has 78 valence electrons. The molecule has 0 unspecified atom stereocenters. The second-order valence-electron chi connectivity index (χ2n) is 3.46. The van der Waals surface area contributed by atoms with Gasteiger partial charge in [0.15, 0.2) is 6.29 Å². The summed E-state index contributed by atoms with van der Waals surface area (Å²) in [7, 11) is 1.88. The summed E-state index contributed by atoms with van der Waals surface area (Å²) in [5, 5.41) is 1.92. The molecule has 2 nitrogen and oxygen atoms in total. The molecule has 1 aromatic carbocycles. The van der Waals surface area contributed by atoms with Gasteiger partial charge in [0.25, 0.3) is 0 Å². The van der Waals surface area contributed by atoms with Crippen molar-refractivity contribution in [3.05, 3.63) is 33.4 Å². The van der Waals surface area contributed by atoms with E-state index in [2.05, 4.69) is 0 Å². The first-order chi connectivity index (χ1) is 7.06. The molecule has 0 fully saturated rings. The van der Waals surface area contributed by atoms with Gasteiger partial charge in [-0.15, -0.1) is 0 Å². The highest BCUT2D eigenvalue weighted by atomic mass is 35.5. The van der Waals surface area contributed by atoms with Crippen molar-refractivity contribution in [2.75, 3.05) is 0 Å². The van der Waals surface area contributed by atoms with Crippen molar-refractivity contribution >= 4 is 40.4 Å². The van der Waals surface area contributed by atoms with Gasteiger partial charge in [-0.1, -0.05) is 23.2 Å². The van der Waals surface area contributed by atoms with Crippen LogP contribution in [0, 0.1) is 6.92 Å². The Morgan fingerprint density at radius 1 is 1.33 bits per heavy atom. The number of benzene rings is 1. The number of aryl methyl sites for hydroxylation is 1. The first-order valence-electron chi connectivity index (χ1n) is 4.45. The first kappa shape index (κ1) is 10.5. The molecule has 0 aliphatic rings. The normalized spacial score (nSPS) is 10.9. The number of rotatable bonds is 1. The average Bonchev–Trinajstić information content (AvgIpc) is 2.39. The number of fused-ring (bicyclic) bond motifs is 1. The molecule has 0 saturated heterocycles. The van der Waals surface area contributed by atoms with Crippen LogP contribution in [0.25, 0.3) is 10.9 Å². The minimum Gasteiger partial charge on any atom is -0.346 e. The molecular weight excluding hydrogens is 233 g/mol. The molecule has 1 aromatic heterocycles. The lowest BCUT2D eigenvalue weighted by Gasteiger charge is -2.01. The molecule has 1 heterocycles. The van der Waals surface area contributed by atoms with Crippen molar-refractivity contribution in [2.24, 2.45) is 7.05 Å². The van der Waals surface area contributed by atoms with E-state index in [0.29, 0.717) is 15.6 Å². The highest BCUT2D eigenvalue weighted by Gasteiger charge is 2.14. The quantitative estimate of drug-likeness (QED) is 0.700. The molecule has 0 radical (unpaired) electrons. The number of aldehydes is 1. The van der Waals surface area contributed by atoms with Crippen molar-refractivity contribution in [3.63, 3.8) is 0 Å². The standard InChI is InChI=1S/C11H9Cl2NO/c1-6-9(5-15)8-3-7(12)4-10(13)11(8)14(6)2/h3-5H,1-2H3. The van der Waals surface area contributed by atoms with Crippen LogP contribution in [-0.4, -0.2) is 10.9 Å². The van der Waals surface area contributed by atoms with Crippen molar-refractivity contribution in [2.45, 2.75) is 6.92 Å². The van der Waals surface area contributed by atoms with Crippen LogP contribution in [0.2, 0.25) is 10.0 Å². The molecule has 0 amide bonds. The van der Waals surface area contributed by atoms with Gasteiger partial charge in [-0.2, -0.15) is 0 Å². The van der Waals surface area contributed by atoms with Crippen molar-refractivity contribution in [1.82, 2.24) is 4.57 Å². The lowest BCUT2D eigenvalue weighted by molar-refractivity contribution is 0.112. The van der Waals surface area contributed by atoms with E-state index in [1.165, 1.54) is 0 Å². The third kappa shape index (κ3) is 1.45. The van der Waals surface area contributed by atoms with Gasteiger partial charge in [0, 0.05) is 28.7 Å². The van der Waals surface area contributed by atoms with Crippen LogP contribution in [0.4, 0.5) is 0 Å². The third-order valence-electron chi connectivity index (χ3n) is 2.66. The largest absolute Gasteiger partial charge is 0.346 e. The Balaban J connectivity index is 3.03. The van der Waals surface area contributed by atoms with Crippen LogP contribution < -0.4 is 0 Å². The summed E-state index contributed by atoms with van der Waals surface area (Å²) in [5.41, 5.74) is 2.39. The van der Waals surface area contributed by atoms with Gasteiger partial charge in [0.2, 0.25) is 0 Å². The van der Waals surface area contributed by atoms with Crippen LogP contribution >= 0.6 is 23.2 Å². The highest BCUT2D eigenvalue weighted by molar-refractivity contribution is 6.38. The fourth-order valence-electron chi connectivity index (χ4n) is 1.80. The summed E-state index contributed by atoms with van der Waals surface area (Å²) in [5.74, 6) is 0. The Kier molecular flexibility index (Phi) is 2.49. The molecule has 15 heavy (non-hydrogen) atoms. The molecule has 4 heteroatoms. The predicted molar refractivity (Wildman–Crippen MR) is 63.1 cm³/mol. The van der Waals surface area contributed by atoms with E-state index in [1.807, 2.05) is 18.5 Å². The third-order valence-corrected chi connectivity index (χ3v) is 3.17. The zero-order valence-corrected chi connectivity index (χ0v) is 9.86. The summed E-state index contributed by atoms with van der Waals surface area (Å²) in [6.45, 7) is 1.88. The maximum absolute atomic E-state index is 11.0. The maximum atomic E-state index is 11.0. The number of halogens is 2. The van der Waals surface area contributed by atoms with Gasteiger partial charge < -0.3 is 4.57 Å². The fraction of sp³-hybridized carbons (Fsp3) is 0.182. The second-order valence-corrected chi connectivity index (χ2v) is 4.30. The van der Waals surface area contributed by atoms with Gasteiger partial charge >= 0.3 is 0 Å². The summed E-state index contributed by atoms with van der Waals surface area (Å²) < 4.78 is 1.90. The van der Waals surface area contributed by atoms with Crippen molar-refractivity contribution in [1.29, 1.82) is 0 Å². The van der Waals surface area contributed by atoms with Crippen molar-refractivity contribution < 1.29 is 4.79 Å². The molecule has 0 aliphatic heterocycles. The highest BCUT2D eigenvalue weighted by Crippen LogP contribution is 2.32. The molecule has 0 saturated carbocycles. The Morgan fingerprint density at radius 3 is 2.60 bits per heavy atom. The van der Waals surface area contributed by atoms with Gasteiger partial charge in [-0.25, -0.2) is 0 Å². The molecule has 2 aromatic rings. The molecule has 0 N–H and O–H groups in total. The van der Waals surface area contributed by atoms with Gasteiger partial charge in [-0.05, 0) is 19.1 Å². The SMILES string of the molecule is Cc1c(C=O)c2cc(Cl)cc(Cl)c2n1C. The molecule has 0 aliphatic carbocycles. The fourth-order valence-corrected chi connectivity index (χ4v) is 2.42. The van der Waals surface area contributed by atoms with Crippen LogP contribution in [0.3, 0.4) is 0 Å². The topological polar surface area (TPSA) is 22.0 Å². The molecule has 0 bridgehead atoms. The van der Waals surface area contributed by atoms with E-state index in [4.69, 9.17) is 23.2 Å². The number of hydrogen-bond donors (Lipinski definition) is 0. The van der Waals surface area contributed by atoms with E-state index in [-0.39, 0.29) is 0 Å². The molecule has 2 rings (SSSR count). The predicted octanol–water partition coefficient (Wildman–Crippen LogP) is 3.61. The van der Waals surface area contributed by atoms with E-state index in [1.54, 1.807) is 12.1 Å². The number of carbonyl (C=O) groups is 1. The molecular formula is C11H9Cl2NO. The lowest BCUT2D eigenvalue weighted by atomic mass is 10.1. The van der Waals surface area contributed by atoms with Crippen LogP contribution in [0.15, 0.2) is 12.1 Å². The lowest BCUT2D eigenvalue weighted by Crippen LogP contribution is -1.91. The summed E-state index contributed by atoms with van der Waals surface area (Å²) in [6.07, 6.45) is 0.838. The minimum absolute atomic E-state index is 0.543. The van der Waals surface area contributed by atoms with Crippen LogP contribution in [0.5, 0.6) is 0 Å². The van der Waals surface area contributed by atoms with E-state index in [0.717, 1.165) is 22.9 Å². The Bertz CT molecular complexity index is 557. The zero-order chi connectivity index (χ0) is 11.2. The Labute approximate surface area is 97.4 Å². The van der Waals surface area contributed by atoms with Gasteiger partial charge in [0.05, 0.1) is 10.5 Å². The van der Waals surface area contributed by atoms with Crippen molar-refractivity contribution in [3.8, 4) is 0 Å². The van der Waals surface area contributed by atoms with Gasteiger partial charge in [-0.3, -0.25) is 4.79 Å². The molecule has 0 spiro atoms. The first-order valence-corrected chi connectivity index (χ1v) is 5.21. The Morgan fingerprint density at radius 2 is 2.00 bits per heavy atom. The van der Waals surface area contributed by atoms with E-state index in [9.17, 15) is 4.79 Å². The average molecular weight is 242 g/mol. The van der Waals surface area contributed by atoms with Gasteiger partial charge in [0.1, 0.15) is 0 Å². The smallest absolute Gasteiger partial charge is 0.152 e. The molecule has 0 atom stereocenters. The number of carbonyl (C=O) groups excluding carboxylic acids is 1. The second kappa shape index (κ2) is 3.54. The maximum Gasteiger partial charge on any atom is 0.152 e. The number of nitrogens with zero attached hydrogens (tertiary/aromatic N) is 1.